The molecule has 4 rings (SSSR count). The van der Waals surface area contributed by atoms with Crippen molar-refractivity contribution < 1.29 is 9.90 Å². The number of benzene rings is 1. The van der Waals surface area contributed by atoms with Crippen molar-refractivity contribution in [1.82, 2.24) is 9.55 Å². The highest BCUT2D eigenvalue weighted by Crippen LogP contribution is 2.40. The fourth-order valence-corrected chi connectivity index (χ4v) is 3.62. The van der Waals surface area contributed by atoms with Crippen LogP contribution in [0.1, 0.15) is 54.1 Å². The van der Waals surface area contributed by atoms with Gasteiger partial charge in [0.1, 0.15) is 11.4 Å². The summed E-state index contributed by atoms with van der Waals surface area (Å²) in [6, 6.07) is 7.91. The zero-order chi connectivity index (χ0) is 19.1. The molecule has 1 aliphatic carbocycles. The summed E-state index contributed by atoms with van der Waals surface area (Å²) in [6.07, 6.45) is 6.22. The molecule has 0 bridgehead atoms. The molecule has 0 atom stereocenters. The van der Waals surface area contributed by atoms with Crippen LogP contribution >= 0.6 is 0 Å². The van der Waals surface area contributed by atoms with Gasteiger partial charge in [0.2, 0.25) is 0 Å². The van der Waals surface area contributed by atoms with E-state index in [-0.39, 0.29) is 5.56 Å². The second-order valence-corrected chi connectivity index (χ2v) is 7.96. The molecule has 2 heterocycles. The Kier molecular flexibility index (Phi) is 4.38. The summed E-state index contributed by atoms with van der Waals surface area (Å²) >= 11 is 0. The number of hydrogen-bond acceptors (Lipinski definition) is 3. The lowest BCUT2D eigenvalue weighted by Gasteiger charge is -2.11. The van der Waals surface area contributed by atoms with Gasteiger partial charge >= 0.3 is 5.97 Å². The number of anilines is 2. The number of nitrogens with one attached hydrogen (secondary N) is 1. The van der Waals surface area contributed by atoms with Crippen LogP contribution in [0, 0.1) is 12.8 Å². The molecule has 0 unspecified atom stereocenters. The van der Waals surface area contributed by atoms with Gasteiger partial charge in [-0.15, -0.1) is 0 Å². The minimum atomic E-state index is -0.951. The van der Waals surface area contributed by atoms with Crippen LogP contribution in [0.5, 0.6) is 0 Å². The zero-order valence-corrected chi connectivity index (χ0v) is 16.0. The van der Waals surface area contributed by atoms with Crippen molar-refractivity contribution in [2.24, 2.45) is 5.92 Å². The van der Waals surface area contributed by atoms with Gasteiger partial charge in [0.25, 0.3) is 0 Å². The molecule has 0 amide bonds. The molecule has 5 nitrogen and oxygen atoms in total. The molecule has 2 N–H and O–H groups in total. The molecule has 0 spiro atoms. The summed E-state index contributed by atoms with van der Waals surface area (Å²) in [7, 11) is 0. The van der Waals surface area contributed by atoms with Gasteiger partial charge in [0, 0.05) is 35.5 Å². The first-order valence-corrected chi connectivity index (χ1v) is 9.52. The number of pyridine rings is 1. The Morgan fingerprint density at radius 2 is 2.11 bits per heavy atom. The van der Waals surface area contributed by atoms with E-state index in [0.29, 0.717) is 17.7 Å². The first-order chi connectivity index (χ1) is 12.9. The van der Waals surface area contributed by atoms with Crippen molar-refractivity contribution in [3.05, 3.63) is 53.3 Å². The lowest BCUT2D eigenvalue weighted by atomic mass is 10.1. The van der Waals surface area contributed by atoms with Gasteiger partial charge in [-0.05, 0) is 67.0 Å². The van der Waals surface area contributed by atoms with Crippen LogP contribution in [0.2, 0.25) is 0 Å². The van der Waals surface area contributed by atoms with Gasteiger partial charge in [-0.3, -0.25) is 0 Å². The number of aromatic nitrogens is 2. The highest BCUT2D eigenvalue weighted by atomic mass is 16.4. The number of aryl methyl sites for hydroxylation is 1. The summed E-state index contributed by atoms with van der Waals surface area (Å²) in [4.78, 5) is 16.1. The van der Waals surface area contributed by atoms with Crippen LogP contribution in [0.4, 0.5) is 11.5 Å². The largest absolute Gasteiger partial charge is 0.478 e. The number of carbonyl (C=O) groups is 1. The second-order valence-electron chi connectivity index (χ2n) is 7.96. The van der Waals surface area contributed by atoms with Crippen molar-refractivity contribution in [2.45, 2.75) is 46.1 Å². The number of nitrogens with zero attached hydrogens (tertiary/aromatic N) is 2. The summed E-state index contributed by atoms with van der Waals surface area (Å²) in [5, 5.41) is 14.0. The van der Waals surface area contributed by atoms with Crippen LogP contribution in [0.25, 0.3) is 10.9 Å². The number of hydrogen-bond donors (Lipinski definition) is 2. The Morgan fingerprint density at radius 1 is 1.33 bits per heavy atom. The molecule has 3 aromatic rings. The predicted octanol–water partition coefficient (Wildman–Crippen LogP) is 5.32. The third-order valence-corrected chi connectivity index (χ3v) is 5.09. The maximum absolute atomic E-state index is 11.7. The van der Waals surface area contributed by atoms with E-state index in [1.54, 1.807) is 12.3 Å². The lowest BCUT2D eigenvalue weighted by Crippen LogP contribution is -2.06. The molecular formula is C22H25N3O2. The van der Waals surface area contributed by atoms with Crippen LogP contribution < -0.4 is 5.32 Å². The Morgan fingerprint density at radius 3 is 2.78 bits per heavy atom. The Bertz CT molecular complexity index is 1020. The van der Waals surface area contributed by atoms with Crippen molar-refractivity contribution in [2.75, 3.05) is 5.32 Å². The topological polar surface area (TPSA) is 67.2 Å². The van der Waals surface area contributed by atoms with E-state index in [1.807, 2.05) is 6.07 Å². The van der Waals surface area contributed by atoms with Crippen molar-refractivity contribution in [3.8, 4) is 0 Å². The number of carboxylic acid groups (broad SMARTS) is 1. The third-order valence-electron chi connectivity index (χ3n) is 5.09. The minimum Gasteiger partial charge on any atom is -0.478 e. The Hall–Kier alpha value is -2.82. The molecule has 5 heteroatoms. The number of fused-ring (bicyclic) bond motifs is 1. The molecule has 0 saturated heterocycles. The van der Waals surface area contributed by atoms with E-state index in [9.17, 15) is 9.90 Å². The molecule has 27 heavy (non-hydrogen) atoms. The highest BCUT2D eigenvalue weighted by molar-refractivity contribution is 5.95. The standard InChI is InChI=1S/C22H25N3O2/c1-13(2)11-25-12-14(3)18-9-17(6-7-20(18)25)24-21-19(22(26)27)8-16(10-23-21)15-4-5-15/h6-10,12-13,15H,4-5,11H2,1-3H3,(H,23,24)(H,26,27). The fourth-order valence-electron chi connectivity index (χ4n) is 3.62. The van der Waals surface area contributed by atoms with Crippen LogP contribution in [0.3, 0.4) is 0 Å². The summed E-state index contributed by atoms with van der Waals surface area (Å²) in [5.74, 6) is 0.493. The molecule has 0 aliphatic heterocycles. The average Bonchev–Trinajstić information content (AvgIpc) is 3.41. The summed E-state index contributed by atoms with van der Waals surface area (Å²) < 4.78 is 2.28. The third kappa shape index (κ3) is 3.54. The van der Waals surface area contributed by atoms with Gasteiger partial charge in [-0.2, -0.15) is 0 Å². The molecule has 140 valence electrons. The smallest absolute Gasteiger partial charge is 0.339 e. The average molecular weight is 363 g/mol. The first-order valence-electron chi connectivity index (χ1n) is 9.52. The van der Waals surface area contributed by atoms with E-state index < -0.39 is 5.97 Å². The molecule has 1 aliphatic rings. The van der Waals surface area contributed by atoms with E-state index in [1.165, 1.54) is 16.5 Å². The van der Waals surface area contributed by atoms with Gasteiger partial charge in [0.05, 0.1) is 0 Å². The number of carboxylic acids is 1. The van der Waals surface area contributed by atoms with Gasteiger partial charge in [-0.1, -0.05) is 13.8 Å². The number of rotatable bonds is 6. The van der Waals surface area contributed by atoms with Crippen LogP contribution in [-0.4, -0.2) is 20.6 Å². The van der Waals surface area contributed by atoms with Crippen molar-refractivity contribution in [1.29, 1.82) is 0 Å². The lowest BCUT2D eigenvalue weighted by molar-refractivity contribution is 0.0697. The molecule has 1 aromatic carbocycles. The second kappa shape index (κ2) is 6.72. The van der Waals surface area contributed by atoms with Gasteiger partial charge in [0.15, 0.2) is 0 Å². The predicted molar refractivity (Wildman–Crippen MR) is 108 cm³/mol. The zero-order valence-electron chi connectivity index (χ0n) is 16.0. The minimum absolute atomic E-state index is 0.230. The summed E-state index contributed by atoms with van der Waals surface area (Å²) in [5.41, 5.74) is 4.51. The van der Waals surface area contributed by atoms with Gasteiger partial charge < -0.3 is 15.0 Å². The molecule has 0 radical (unpaired) electrons. The molecule has 1 saturated carbocycles. The SMILES string of the molecule is Cc1cn(CC(C)C)c2ccc(Nc3ncc(C4CC4)cc3C(=O)O)cc12. The molecule has 1 fully saturated rings. The van der Waals surface area contributed by atoms with Crippen LogP contribution in [-0.2, 0) is 6.54 Å². The number of aromatic carboxylic acids is 1. The Labute approximate surface area is 159 Å². The monoisotopic (exact) mass is 363 g/mol. The first kappa shape index (κ1) is 17.6. The van der Waals surface area contributed by atoms with Gasteiger partial charge in [-0.25, -0.2) is 9.78 Å². The summed E-state index contributed by atoms with van der Waals surface area (Å²) in [6.45, 7) is 7.50. The quantitative estimate of drug-likeness (QED) is 0.622. The van der Waals surface area contributed by atoms with Crippen molar-refractivity contribution in [3.63, 3.8) is 0 Å². The van der Waals surface area contributed by atoms with Crippen molar-refractivity contribution >= 4 is 28.4 Å². The highest BCUT2D eigenvalue weighted by Gasteiger charge is 2.26. The molecule has 2 aromatic heterocycles. The van der Waals surface area contributed by atoms with E-state index in [0.717, 1.165) is 30.6 Å². The van der Waals surface area contributed by atoms with E-state index in [2.05, 4.69) is 54.0 Å². The Balaban J connectivity index is 1.67. The maximum Gasteiger partial charge on any atom is 0.339 e. The normalized spacial score (nSPS) is 14.1. The maximum atomic E-state index is 11.7. The van der Waals surface area contributed by atoms with E-state index >= 15 is 0 Å². The van der Waals surface area contributed by atoms with E-state index in [4.69, 9.17) is 0 Å². The molecular weight excluding hydrogens is 338 g/mol. The fraction of sp³-hybridized carbons (Fsp3) is 0.364. The van der Waals surface area contributed by atoms with Crippen LogP contribution in [0.15, 0.2) is 36.7 Å².